The lowest BCUT2D eigenvalue weighted by atomic mass is 10.1. The number of carboxylic acids is 1. The summed E-state index contributed by atoms with van der Waals surface area (Å²) < 4.78 is 27.0. The third-order valence-electron chi connectivity index (χ3n) is 3.73. The highest BCUT2D eigenvalue weighted by atomic mass is 19.1. The molecule has 0 fully saturated rings. The fraction of sp³-hybridized carbons (Fsp3) is 0.188. The number of halogens is 2. The van der Waals surface area contributed by atoms with Gasteiger partial charge in [-0.05, 0) is 54.3 Å². The number of hydrogen-bond acceptors (Lipinski definition) is 2. The molecule has 1 atom stereocenters. The van der Waals surface area contributed by atoms with Gasteiger partial charge in [-0.2, -0.15) is 0 Å². The summed E-state index contributed by atoms with van der Waals surface area (Å²) in [5.41, 5.74) is 2.01. The number of anilines is 1. The Bertz CT molecular complexity index is 715. The molecule has 2 N–H and O–H groups in total. The van der Waals surface area contributed by atoms with Gasteiger partial charge in [-0.1, -0.05) is 6.07 Å². The highest BCUT2D eigenvalue weighted by molar-refractivity contribution is 5.88. The van der Waals surface area contributed by atoms with E-state index in [-0.39, 0.29) is 23.1 Å². The van der Waals surface area contributed by atoms with Gasteiger partial charge < -0.3 is 10.4 Å². The van der Waals surface area contributed by atoms with Crippen molar-refractivity contribution in [2.45, 2.75) is 18.9 Å². The quantitative estimate of drug-likeness (QED) is 0.904. The van der Waals surface area contributed by atoms with Crippen LogP contribution < -0.4 is 5.32 Å². The van der Waals surface area contributed by atoms with Crippen molar-refractivity contribution in [2.75, 3.05) is 5.32 Å². The van der Waals surface area contributed by atoms with E-state index >= 15 is 0 Å². The van der Waals surface area contributed by atoms with Gasteiger partial charge in [0.1, 0.15) is 11.6 Å². The van der Waals surface area contributed by atoms with Crippen molar-refractivity contribution in [3.63, 3.8) is 0 Å². The second-order valence-corrected chi connectivity index (χ2v) is 5.08. The fourth-order valence-corrected chi connectivity index (χ4v) is 2.69. The minimum Gasteiger partial charge on any atom is -0.478 e. The first-order chi connectivity index (χ1) is 10.0. The van der Waals surface area contributed by atoms with E-state index in [1.54, 1.807) is 6.07 Å². The van der Waals surface area contributed by atoms with E-state index in [9.17, 15) is 13.6 Å². The van der Waals surface area contributed by atoms with Gasteiger partial charge >= 0.3 is 5.97 Å². The number of fused-ring (bicyclic) bond motifs is 1. The zero-order chi connectivity index (χ0) is 15.0. The molecule has 0 aliphatic heterocycles. The number of rotatable bonds is 3. The first-order valence-corrected chi connectivity index (χ1v) is 6.62. The molecule has 2 aromatic carbocycles. The van der Waals surface area contributed by atoms with E-state index in [0.29, 0.717) is 6.42 Å². The minimum atomic E-state index is -1.10. The summed E-state index contributed by atoms with van der Waals surface area (Å²) in [5, 5.41) is 12.0. The van der Waals surface area contributed by atoms with Crippen molar-refractivity contribution in [3.05, 3.63) is 64.7 Å². The molecule has 0 saturated carbocycles. The van der Waals surface area contributed by atoms with E-state index < -0.39 is 11.8 Å². The van der Waals surface area contributed by atoms with E-state index in [2.05, 4.69) is 5.32 Å². The molecule has 5 heteroatoms. The second-order valence-electron chi connectivity index (χ2n) is 5.08. The number of aryl methyl sites for hydroxylation is 1. The first-order valence-electron chi connectivity index (χ1n) is 6.62. The average Bonchev–Trinajstić information content (AvgIpc) is 2.83. The van der Waals surface area contributed by atoms with Crippen molar-refractivity contribution >= 4 is 11.7 Å². The Kier molecular flexibility index (Phi) is 3.33. The number of carbonyl (C=O) groups is 1. The van der Waals surface area contributed by atoms with Gasteiger partial charge in [0.15, 0.2) is 0 Å². The van der Waals surface area contributed by atoms with Gasteiger partial charge in [0.25, 0.3) is 0 Å². The van der Waals surface area contributed by atoms with Crippen LogP contribution in [0, 0.1) is 11.6 Å². The van der Waals surface area contributed by atoms with Crippen LogP contribution in [0.15, 0.2) is 36.4 Å². The molecule has 0 amide bonds. The molecule has 0 bridgehead atoms. The van der Waals surface area contributed by atoms with Crippen molar-refractivity contribution in [1.29, 1.82) is 0 Å². The van der Waals surface area contributed by atoms with Crippen LogP contribution in [0.3, 0.4) is 0 Å². The maximum absolute atomic E-state index is 13.8. The highest BCUT2D eigenvalue weighted by Gasteiger charge is 2.23. The molecular weight excluding hydrogens is 276 g/mol. The summed E-state index contributed by atoms with van der Waals surface area (Å²) in [4.78, 5) is 10.9. The van der Waals surface area contributed by atoms with E-state index in [1.807, 2.05) is 0 Å². The van der Waals surface area contributed by atoms with Gasteiger partial charge in [0, 0.05) is 0 Å². The van der Waals surface area contributed by atoms with Crippen molar-refractivity contribution in [1.82, 2.24) is 0 Å². The van der Waals surface area contributed by atoms with E-state index in [1.165, 1.54) is 24.3 Å². The summed E-state index contributed by atoms with van der Waals surface area (Å²) in [6.45, 7) is 0. The van der Waals surface area contributed by atoms with Crippen LogP contribution in [0.4, 0.5) is 14.5 Å². The number of aromatic carboxylic acids is 1. The Morgan fingerprint density at radius 2 is 2.00 bits per heavy atom. The Morgan fingerprint density at radius 3 is 2.76 bits per heavy atom. The summed E-state index contributed by atoms with van der Waals surface area (Å²) >= 11 is 0. The lowest BCUT2D eigenvalue weighted by Gasteiger charge is -2.16. The third-order valence-corrected chi connectivity index (χ3v) is 3.73. The smallest absolute Gasteiger partial charge is 0.335 e. The largest absolute Gasteiger partial charge is 0.478 e. The Balaban J connectivity index is 1.89. The predicted octanol–water partition coefficient (Wildman–Crippen LogP) is 3.76. The van der Waals surface area contributed by atoms with Crippen LogP contribution in [-0.4, -0.2) is 11.1 Å². The second kappa shape index (κ2) is 5.16. The van der Waals surface area contributed by atoms with Crippen LogP contribution in [0.1, 0.15) is 33.9 Å². The lowest BCUT2D eigenvalue weighted by molar-refractivity contribution is 0.0697. The summed E-state index contributed by atoms with van der Waals surface area (Å²) in [6.07, 6.45) is 1.43. The van der Waals surface area contributed by atoms with Crippen LogP contribution >= 0.6 is 0 Å². The molecule has 0 spiro atoms. The lowest BCUT2D eigenvalue weighted by Crippen LogP contribution is -2.09. The van der Waals surface area contributed by atoms with Gasteiger partial charge in [-0.3, -0.25) is 0 Å². The van der Waals surface area contributed by atoms with E-state index in [0.717, 1.165) is 23.6 Å². The zero-order valence-electron chi connectivity index (χ0n) is 11.1. The number of carboxylic acid groups (broad SMARTS) is 1. The standard InChI is InChI=1S/C16H13F2NO2/c17-11-3-4-12-9(7-11)2-6-14(12)19-15-8-10(16(20)21)1-5-13(15)18/h1,3-5,7-8,14,19H,2,6H2,(H,20,21). The predicted molar refractivity (Wildman–Crippen MR) is 74.4 cm³/mol. The minimum absolute atomic E-state index is 0.0243. The molecule has 1 aliphatic rings. The number of nitrogens with one attached hydrogen (secondary N) is 1. The molecule has 0 aromatic heterocycles. The molecular formula is C16H13F2NO2. The monoisotopic (exact) mass is 289 g/mol. The summed E-state index contributed by atoms with van der Waals surface area (Å²) in [7, 11) is 0. The van der Waals surface area contributed by atoms with Gasteiger partial charge in [-0.15, -0.1) is 0 Å². The highest BCUT2D eigenvalue weighted by Crippen LogP contribution is 2.35. The summed E-state index contributed by atoms with van der Waals surface area (Å²) in [6, 6.07) is 8.05. The Labute approximate surface area is 120 Å². The fourth-order valence-electron chi connectivity index (χ4n) is 2.69. The van der Waals surface area contributed by atoms with Crippen LogP contribution in [0.2, 0.25) is 0 Å². The molecule has 0 radical (unpaired) electrons. The Morgan fingerprint density at radius 1 is 1.19 bits per heavy atom. The maximum Gasteiger partial charge on any atom is 0.335 e. The number of benzene rings is 2. The molecule has 1 aliphatic carbocycles. The van der Waals surface area contributed by atoms with Crippen molar-refractivity contribution in [2.24, 2.45) is 0 Å². The van der Waals surface area contributed by atoms with Crippen LogP contribution in [-0.2, 0) is 6.42 Å². The maximum atomic E-state index is 13.8. The molecule has 0 saturated heterocycles. The molecule has 2 aromatic rings. The third kappa shape index (κ3) is 2.59. The molecule has 0 heterocycles. The van der Waals surface area contributed by atoms with Gasteiger partial charge in [0.05, 0.1) is 17.3 Å². The molecule has 21 heavy (non-hydrogen) atoms. The molecule has 3 nitrogen and oxygen atoms in total. The van der Waals surface area contributed by atoms with Gasteiger partial charge in [0.2, 0.25) is 0 Å². The first kappa shape index (κ1) is 13.5. The Hall–Kier alpha value is -2.43. The van der Waals surface area contributed by atoms with Crippen LogP contribution in [0.25, 0.3) is 0 Å². The molecule has 3 rings (SSSR count). The van der Waals surface area contributed by atoms with Crippen molar-refractivity contribution in [3.8, 4) is 0 Å². The van der Waals surface area contributed by atoms with Crippen LogP contribution in [0.5, 0.6) is 0 Å². The average molecular weight is 289 g/mol. The van der Waals surface area contributed by atoms with Gasteiger partial charge in [-0.25, -0.2) is 13.6 Å². The zero-order valence-corrected chi connectivity index (χ0v) is 11.1. The van der Waals surface area contributed by atoms with E-state index in [4.69, 9.17) is 5.11 Å². The molecule has 1 unspecified atom stereocenters. The molecule has 108 valence electrons. The number of hydrogen-bond donors (Lipinski definition) is 2. The topological polar surface area (TPSA) is 49.3 Å². The summed E-state index contributed by atoms with van der Waals surface area (Å²) in [5.74, 6) is -1.89. The normalized spacial score (nSPS) is 16.6. The van der Waals surface area contributed by atoms with Crippen molar-refractivity contribution < 1.29 is 18.7 Å². The SMILES string of the molecule is O=C(O)c1ccc(F)c(NC2CCc3cc(F)ccc32)c1.